The van der Waals surface area contributed by atoms with Gasteiger partial charge in [-0.1, -0.05) is 341 Å². The number of ether oxygens (including phenoxy) is 1. The Kier molecular flexibility index (Phi) is 60.0. The van der Waals surface area contributed by atoms with Crippen LogP contribution in [0.4, 0.5) is 0 Å². The Morgan fingerprint density at radius 1 is 0.351 bits per heavy atom. The molecule has 0 bridgehead atoms. The second-order valence-electron chi connectivity index (χ2n) is 23.5. The molecule has 0 aliphatic carbocycles. The van der Waals surface area contributed by atoms with E-state index in [9.17, 15) is 30.0 Å². The highest BCUT2D eigenvalue weighted by molar-refractivity contribution is 5.76. The van der Waals surface area contributed by atoms with Crippen molar-refractivity contribution in [3.63, 3.8) is 0 Å². The molecule has 4 unspecified atom stereocenters. The maximum absolute atomic E-state index is 12.5. The molecule has 0 rings (SSSR count). The molecule has 0 aromatic carbocycles. The molecule has 1 amide bonds. The van der Waals surface area contributed by atoms with E-state index in [0.29, 0.717) is 25.9 Å². The molecular weight excluding hydrogens is 919 g/mol. The first-order valence-electron chi connectivity index (χ1n) is 33.5. The highest BCUT2D eigenvalue weighted by Crippen LogP contribution is 2.19. The summed E-state index contributed by atoms with van der Waals surface area (Å²) < 4.78 is 5.36. The summed E-state index contributed by atoms with van der Waals surface area (Å²) in [5, 5.41) is 43.9. The monoisotopic (exact) mass is 1050 g/mol. The number of aliphatic hydroxyl groups excluding tert-OH is 4. The molecule has 0 fully saturated rings. The summed E-state index contributed by atoms with van der Waals surface area (Å²) in [7, 11) is 0. The molecule has 5 N–H and O–H groups in total. The van der Waals surface area contributed by atoms with Gasteiger partial charge in [-0.2, -0.15) is 0 Å². The molecule has 0 saturated carbocycles. The standard InChI is InChI=1S/C66H131NO7/c1-3-5-7-9-11-13-15-17-33-37-41-45-49-53-57-63(70)66(73)74-59-55-51-47-43-39-35-32-30-28-26-24-22-20-18-19-21-23-25-27-29-31-34-38-42-46-50-54-58-64(71)67-61(60-68)65(72)62(69)56-52-48-44-40-36-16-14-12-10-8-6-4-2/h61-63,65,68-70,72H,3-60H2,1-2H3,(H,67,71). The van der Waals surface area contributed by atoms with Gasteiger partial charge in [-0.25, -0.2) is 4.79 Å². The van der Waals surface area contributed by atoms with Crippen LogP contribution in [0.25, 0.3) is 0 Å². The second-order valence-corrected chi connectivity index (χ2v) is 23.5. The lowest BCUT2D eigenvalue weighted by molar-refractivity contribution is -0.154. The van der Waals surface area contributed by atoms with Crippen LogP contribution >= 0.6 is 0 Å². The lowest BCUT2D eigenvalue weighted by atomic mass is 9.99. The topological polar surface area (TPSA) is 136 Å². The summed E-state index contributed by atoms with van der Waals surface area (Å²) in [6.45, 7) is 4.62. The van der Waals surface area contributed by atoms with E-state index in [4.69, 9.17) is 4.74 Å². The molecule has 74 heavy (non-hydrogen) atoms. The quantitative estimate of drug-likeness (QED) is 0.0302. The van der Waals surface area contributed by atoms with Crippen molar-refractivity contribution >= 4 is 11.9 Å². The second kappa shape index (κ2) is 61.0. The molecule has 0 aromatic heterocycles. The molecule has 0 aliphatic rings. The number of nitrogens with one attached hydrogen (secondary N) is 1. The number of carbonyl (C=O) groups excluding carboxylic acids is 2. The fourth-order valence-electron chi connectivity index (χ4n) is 10.9. The Balaban J connectivity index is 3.40. The molecule has 8 heteroatoms. The number of hydrogen-bond acceptors (Lipinski definition) is 7. The Morgan fingerprint density at radius 3 is 0.905 bits per heavy atom. The van der Waals surface area contributed by atoms with E-state index in [0.717, 1.165) is 64.2 Å². The van der Waals surface area contributed by atoms with Crippen molar-refractivity contribution in [2.45, 2.75) is 398 Å². The van der Waals surface area contributed by atoms with E-state index in [1.165, 1.54) is 276 Å². The van der Waals surface area contributed by atoms with E-state index in [1.54, 1.807) is 0 Å². The van der Waals surface area contributed by atoms with Gasteiger partial charge in [0.05, 0.1) is 25.4 Å². The van der Waals surface area contributed by atoms with Crippen LogP contribution in [0.2, 0.25) is 0 Å². The van der Waals surface area contributed by atoms with Gasteiger partial charge in [-0.3, -0.25) is 4.79 Å². The molecule has 8 nitrogen and oxygen atoms in total. The van der Waals surface area contributed by atoms with Crippen LogP contribution in [-0.4, -0.2) is 69.9 Å². The summed E-state index contributed by atoms with van der Waals surface area (Å²) in [4.78, 5) is 24.7. The highest BCUT2D eigenvalue weighted by atomic mass is 16.5. The maximum atomic E-state index is 12.5. The van der Waals surface area contributed by atoms with Gasteiger partial charge in [0.2, 0.25) is 5.91 Å². The molecule has 0 radical (unpaired) electrons. The third kappa shape index (κ3) is 54.1. The van der Waals surface area contributed by atoms with Crippen molar-refractivity contribution in [3.05, 3.63) is 0 Å². The minimum Gasteiger partial charge on any atom is -0.464 e. The zero-order valence-electron chi connectivity index (χ0n) is 49.8. The van der Waals surface area contributed by atoms with Crippen LogP contribution in [0.5, 0.6) is 0 Å². The van der Waals surface area contributed by atoms with Crippen molar-refractivity contribution in [2.24, 2.45) is 0 Å². The van der Waals surface area contributed by atoms with Crippen molar-refractivity contribution in [1.29, 1.82) is 0 Å². The Morgan fingerprint density at radius 2 is 0.608 bits per heavy atom. The molecule has 0 heterocycles. The van der Waals surface area contributed by atoms with Gasteiger partial charge >= 0.3 is 5.97 Å². The van der Waals surface area contributed by atoms with Crippen molar-refractivity contribution < 1.29 is 34.8 Å². The molecule has 0 spiro atoms. The lowest BCUT2D eigenvalue weighted by Gasteiger charge is -2.26. The van der Waals surface area contributed by atoms with Crippen molar-refractivity contribution in [2.75, 3.05) is 13.2 Å². The predicted octanol–water partition coefficient (Wildman–Crippen LogP) is 19.0. The van der Waals surface area contributed by atoms with Gasteiger partial charge in [0.25, 0.3) is 0 Å². The van der Waals surface area contributed by atoms with Gasteiger partial charge in [0, 0.05) is 6.42 Å². The summed E-state index contributed by atoms with van der Waals surface area (Å²) >= 11 is 0. The number of unbranched alkanes of at least 4 members (excludes halogenated alkanes) is 50. The number of carbonyl (C=O) groups is 2. The van der Waals surface area contributed by atoms with Gasteiger partial charge in [0.15, 0.2) is 6.10 Å². The van der Waals surface area contributed by atoms with Crippen LogP contribution in [0, 0.1) is 0 Å². The fourth-order valence-corrected chi connectivity index (χ4v) is 10.9. The third-order valence-electron chi connectivity index (χ3n) is 16.1. The SMILES string of the molecule is CCCCCCCCCCCCCCCCC(O)C(=O)OCCCCCCCCCCCCCCCCCCCCCCCCCCCCCC(=O)NC(CO)C(O)C(O)CCCCCCCCCCCCCC. The lowest BCUT2D eigenvalue weighted by Crippen LogP contribution is -2.50. The van der Waals surface area contributed by atoms with E-state index >= 15 is 0 Å². The molecule has 442 valence electrons. The number of esters is 1. The number of amides is 1. The van der Waals surface area contributed by atoms with E-state index < -0.39 is 30.3 Å². The zero-order chi connectivity index (χ0) is 53.9. The Bertz CT molecular complexity index is 1110. The summed E-state index contributed by atoms with van der Waals surface area (Å²) in [6.07, 6.45) is 66.6. The van der Waals surface area contributed by atoms with Crippen molar-refractivity contribution in [1.82, 2.24) is 5.32 Å². The van der Waals surface area contributed by atoms with E-state index in [-0.39, 0.29) is 12.5 Å². The maximum Gasteiger partial charge on any atom is 0.334 e. The van der Waals surface area contributed by atoms with Crippen LogP contribution in [0.1, 0.15) is 373 Å². The summed E-state index contributed by atoms with van der Waals surface area (Å²) in [5.41, 5.74) is 0. The number of aliphatic hydroxyl groups is 4. The summed E-state index contributed by atoms with van der Waals surface area (Å²) in [6, 6.07) is -0.814. The first-order chi connectivity index (χ1) is 36.4. The smallest absolute Gasteiger partial charge is 0.334 e. The minimum atomic E-state index is -1.14. The van der Waals surface area contributed by atoms with Gasteiger partial charge in [-0.15, -0.1) is 0 Å². The van der Waals surface area contributed by atoms with Gasteiger partial charge < -0.3 is 30.5 Å². The van der Waals surface area contributed by atoms with Gasteiger partial charge in [0.1, 0.15) is 6.10 Å². The van der Waals surface area contributed by atoms with Crippen LogP contribution in [0.3, 0.4) is 0 Å². The number of rotatable bonds is 63. The number of hydrogen-bond donors (Lipinski definition) is 5. The minimum absolute atomic E-state index is 0.147. The van der Waals surface area contributed by atoms with Gasteiger partial charge in [-0.05, 0) is 25.7 Å². The van der Waals surface area contributed by atoms with E-state index in [2.05, 4.69) is 19.2 Å². The average molecular weight is 1050 g/mol. The first-order valence-corrected chi connectivity index (χ1v) is 33.5. The zero-order valence-corrected chi connectivity index (χ0v) is 49.8. The third-order valence-corrected chi connectivity index (χ3v) is 16.1. The van der Waals surface area contributed by atoms with Crippen LogP contribution in [0.15, 0.2) is 0 Å². The molecular formula is C66H131NO7. The Hall–Kier alpha value is -1.22. The molecule has 0 saturated heterocycles. The van der Waals surface area contributed by atoms with Crippen LogP contribution < -0.4 is 5.32 Å². The molecule has 0 aromatic rings. The molecule has 4 atom stereocenters. The normalized spacial score (nSPS) is 13.3. The Labute approximate surface area is 461 Å². The van der Waals surface area contributed by atoms with Crippen molar-refractivity contribution in [3.8, 4) is 0 Å². The molecule has 0 aliphatic heterocycles. The highest BCUT2D eigenvalue weighted by Gasteiger charge is 2.27. The average Bonchev–Trinajstić information content (AvgIpc) is 3.40. The van der Waals surface area contributed by atoms with Crippen LogP contribution in [-0.2, 0) is 14.3 Å². The summed E-state index contributed by atoms with van der Waals surface area (Å²) in [5.74, 6) is -0.568. The fraction of sp³-hybridized carbons (Fsp3) is 0.970. The first kappa shape index (κ1) is 72.8. The largest absolute Gasteiger partial charge is 0.464 e. The predicted molar refractivity (Wildman–Crippen MR) is 318 cm³/mol. The van der Waals surface area contributed by atoms with E-state index in [1.807, 2.05) is 0 Å².